The van der Waals surface area contributed by atoms with E-state index in [1.165, 1.54) is 0 Å². The number of hydrogen-bond donors (Lipinski definition) is 3. The molecule has 1 atom stereocenters. The smallest absolute Gasteiger partial charge is 0.102 e. The molecule has 0 saturated carbocycles. The van der Waals surface area contributed by atoms with Gasteiger partial charge in [-0.2, -0.15) is 0 Å². The molecule has 0 fully saturated rings. The third-order valence-electron chi connectivity index (χ3n) is 1.15. The van der Waals surface area contributed by atoms with Crippen molar-refractivity contribution in [3.63, 3.8) is 0 Å². The maximum absolute atomic E-state index is 8.69. The molecule has 54 valence electrons. The monoisotopic (exact) mass is 130 g/mol. The fourth-order valence-electron chi connectivity index (χ4n) is 0.504. The number of nitrogens with two attached hydrogens (primary N) is 2. The Morgan fingerprint density at radius 3 is 2.56 bits per heavy atom. The Balaban J connectivity index is 3.27. The molecule has 0 bridgehead atoms. The van der Waals surface area contributed by atoms with E-state index in [-0.39, 0.29) is 11.8 Å². The van der Waals surface area contributed by atoms with Gasteiger partial charge in [0.1, 0.15) is 5.76 Å². The number of rotatable bonds is 4. The maximum Gasteiger partial charge on any atom is 0.102 e. The van der Waals surface area contributed by atoms with Gasteiger partial charge in [0.15, 0.2) is 0 Å². The molecule has 1 unspecified atom stereocenters. The van der Waals surface area contributed by atoms with Crippen LogP contribution in [0.2, 0.25) is 0 Å². The minimum absolute atomic E-state index is 0.0449. The molecule has 0 aliphatic carbocycles. The van der Waals surface area contributed by atoms with Crippen LogP contribution in [0, 0.1) is 0 Å². The molecule has 0 rings (SSSR count). The minimum Gasteiger partial charge on any atom is -0.511 e. The molecule has 0 aromatic rings. The summed E-state index contributed by atoms with van der Waals surface area (Å²) in [5.74, 6) is 0.0449. The third-order valence-corrected chi connectivity index (χ3v) is 1.15. The molecule has 3 heteroatoms. The van der Waals surface area contributed by atoms with Crippen molar-refractivity contribution in [3.8, 4) is 0 Å². The Hall–Kier alpha value is -0.540. The fraction of sp³-hybridized carbons (Fsp3) is 0.667. The van der Waals surface area contributed by atoms with Crippen molar-refractivity contribution < 1.29 is 5.11 Å². The van der Waals surface area contributed by atoms with Crippen LogP contribution in [-0.4, -0.2) is 17.7 Å². The second-order valence-electron chi connectivity index (χ2n) is 2.03. The molecule has 0 amide bonds. The van der Waals surface area contributed by atoms with Crippen LogP contribution >= 0.6 is 0 Å². The fourth-order valence-corrected chi connectivity index (χ4v) is 0.504. The highest BCUT2D eigenvalue weighted by molar-refractivity contribution is 4.91. The molecule has 0 heterocycles. The Kier molecular flexibility index (Phi) is 4.09. The largest absolute Gasteiger partial charge is 0.511 e. The van der Waals surface area contributed by atoms with Crippen molar-refractivity contribution in [1.82, 2.24) is 0 Å². The first kappa shape index (κ1) is 8.46. The lowest BCUT2D eigenvalue weighted by molar-refractivity contribution is 0.360. The lowest BCUT2D eigenvalue weighted by Crippen LogP contribution is -2.22. The highest BCUT2D eigenvalue weighted by Crippen LogP contribution is 1.98. The van der Waals surface area contributed by atoms with Gasteiger partial charge in [0, 0.05) is 0 Å². The van der Waals surface area contributed by atoms with Crippen molar-refractivity contribution >= 4 is 0 Å². The Bertz CT molecular complexity index is 93.1. The van der Waals surface area contributed by atoms with E-state index in [0.717, 1.165) is 6.42 Å². The van der Waals surface area contributed by atoms with E-state index in [2.05, 4.69) is 6.58 Å². The maximum atomic E-state index is 8.69. The van der Waals surface area contributed by atoms with Crippen molar-refractivity contribution in [1.29, 1.82) is 0 Å². The Labute approximate surface area is 55.3 Å². The van der Waals surface area contributed by atoms with Gasteiger partial charge in [-0.05, 0) is 19.4 Å². The molecule has 0 aromatic heterocycles. The highest BCUT2D eigenvalue weighted by atomic mass is 16.3. The molecule has 0 saturated heterocycles. The van der Waals surface area contributed by atoms with E-state index >= 15 is 0 Å². The summed E-state index contributed by atoms with van der Waals surface area (Å²) in [6, 6.07) is -0.298. The van der Waals surface area contributed by atoms with Crippen LogP contribution in [0.25, 0.3) is 0 Å². The standard InChI is InChI=1S/C6H14N2O/c1-5(9)6(8)3-2-4-7/h6,9H,1-4,7-8H2. The van der Waals surface area contributed by atoms with Crippen molar-refractivity contribution in [2.24, 2.45) is 11.5 Å². The zero-order chi connectivity index (χ0) is 7.28. The Morgan fingerprint density at radius 2 is 2.22 bits per heavy atom. The molecule has 0 aliphatic heterocycles. The van der Waals surface area contributed by atoms with E-state index in [1.54, 1.807) is 0 Å². The number of aliphatic hydroxyl groups excluding tert-OH is 1. The first-order chi connectivity index (χ1) is 4.18. The summed E-state index contributed by atoms with van der Waals surface area (Å²) in [6.45, 7) is 3.91. The van der Waals surface area contributed by atoms with Crippen LogP contribution in [-0.2, 0) is 0 Å². The highest BCUT2D eigenvalue weighted by Gasteiger charge is 2.02. The van der Waals surface area contributed by atoms with E-state index in [1.807, 2.05) is 0 Å². The molecule has 5 N–H and O–H groups in total. The van der Waals surface area contributed by atoms with E-state index in [9.17, 15) is 0 Å². The third kappa shape index (κ3) is 4.00. The van der Waals surface area contributed by atoms with Gasteiger partial charge in [0.25, 0.3) is 0 Å². The molecule has 0 aromatic carbocycles. The van der Waals surface area contributed by atoms with E-state index < -0.39 is 0 Å². The molecule has 3 nitrogen and oxygen atoms in total. The van der Waals surface area contributed by atoms with Gasteiger partial charge in [0.05, 0.1) is 6.04 Å². The van der Waals surface area contributed by atoms with Gasteiger partial charge in [-0.15, -0.1) is 0 Å². The van der Waals surface area contributed by atoms with Crippen LogP contribution in [0.3, 0.4) is 0 Å². The molecular weight excluding hydrogens is 116 g/mol. The van der Waals surface area contributed by atoms with Gasteiger partial charge in [-0.25, -0.2) is 0 Å². The summed E-state index contributed by atoms with van der Waals surface area (Å²) >= 11 is 0. The lowest BCUT2D eigenvalue weighted by Gasteiger charge is -2.07. The van der Waals surface area contributed by atoms with Crippen molar-refractivity contribution in [3.05, 3.63) is 12.3 Å². The molecule has 0 aliphatic rings. The summed E-state index contributed by atoms with van der Waals surface area (Å²) in [7, 11) is 0. The van der Waals surface area contributed by atoms with Gasteiger partial charge >= 0.3 is 0 Å². The normalized spacial score (nSPS) is 13.1. The van der Waals surface area contributed by atoms with Crippen molar-refractivity contribution in [2.45, 2.75) is 18.9 Å². The van der Waals surface area contributed by atoms with Crippen LogP contribution < -0.4 is 11.5 Å². The van der Waals surface area contributed by atoms with E-state index in [4.69, 9.17) is 16.6 Å². The predicted molar refractivity (Wildman–Crippen MR) is 38.0 cm³/mol. The SMILES string of the molecule is C=C(O)C(N)CCCN. The van der Waals surface area contributed by atoms with Gasteiger partial charge in [-0.1, -0.05) is 6.58 Å². The van der Waals surface area contributed by atoms with Crippen molar-refractivity contribution in [2.75, 3.05) is 6.54 Å². The quantitative estimate of drug-likeness (QED) is 0.473. The average molecular weight is 130 g/mol. The molecule has 9 heavy (non-hydrogen) atoms. The summed E-state index contributed by atoms with van der Waals surface area (Å²) in [4.78, 5) is 0. The molecular formula is C6H14N2O. The zero-order valence-corrected chi connectivity index (χ0v) is 5.51. The number of hydrogen-bond acceptors (Lipinski definition) is 3. The van der Waals surface area contributed by atoms with Crippen LogP contribution in [0.15, 0.2) is 12.3 Å². The van der Waals surface area contributed by atoms with Crippen LogP contribution in [0.4, 0.5) is 0 Å². The average Bonchev–Trinajstić information content (AvgIpc) is 1.82. The van der Waals surface area contributed by atoms with Crippen LogP contribution in [0.5, 0.6) is 0 Å². The predicted octanol–water partition coefficient (Wildman–Crippen LogP) is 0.124. The lowest BCUT2D eigenvalue weighted by atomic mass is 10.1. The number of aliphatic hydroxyl groups is 1. The summed E-state index contributed by atoms with van der Waals surface area (Å²) in [5.41, 5.74) is 10.6. The summed E-state index contributed by atoms with van der Waals surface area (Å²) in [5, 5.41) is 8.69. The second-order valence-corrected chi connectivity index (χ2v) is 2.03. The first-order valence-electron chi connectivity index (χ1n) is 3.02. The topological polar surface area (TPSA) is 72.3 Å². The van der Waals surface area contributed by atoms with Gasteiger partial charge in [0.2, 0.25) is 0 Å². The molecule has 0 radical (unpaired) electrons. The zero-order valence-electron chi connectivity index (χ0n) is 5.51. The summed E-state index contributed by atoms with van der Waals surface area (Å²) < 4.78 is 0. The Morgan fingerprint density at radius 1 is 1.67 bits per heavy atom. The first-order valence-corrected chi connectivity index (χ1v) is 3.02. The second kappa shape index (κ2) is 4.35. The summed E-state index contributed by atoms with van der Waals surface area (Å²) in [6.07, 6.45) is 1.55. The minimum atomic E-state index is -0.298. The van der Waals surface area contributed by atoms with Crippen LogP contribution in [0.1, 0.15) is 12.8 Å². The van der Waals surface area contributed by atoms with Gasteiger partial charge in [-0.3, -0.25) is 0 Å². The van der Waals surface area contributed by atoms with E-state index in [0.29, 0.717) is 13.0 Å². The van der Waals surface area contributed by atoms with Gasteiger partial charge < -0.3 is 16.6 Å². The molecule has 0 spiro atoms.